The summed E-state index contributed by atoms with van der Waals surface area (Å²) in [6.07, 6.45) is 0.635. The predicted octanol–water partition coefficient (Wildman–Crippen LogP) is 3.06. The first-order chi connectivity index (χ1) is 8.13. The van der Waals surface area contributed by atoms with Crippen LogP contribution >= 0.6 is 11.3 Å². The first-order valence-electron chi connectivity index (χ1n) is 4.69. The third-order valence-electron chi connectivity index (χ3n) is 2.30. The number of rotatable bonds is 3. The zero-order valence-corrected chi connectivity index (χ0v) is 9.33. The van der Waals surface area contributed by atoms with Crippen LogP contribution in [0, 0.1) is 5.82 Å². The van der Waals surface area contributed by atoms with E-state index in [9.17, 15) is 14.0 Å². The van der Waals surface area contributed by atoms with Gasteiger partial charge in [-0.3, -0.25) is 4.79 Å². The van der Waals surface area contributed by atoms with Crippen molar-refractivity contribution in [3.8, 4) is 11.1 Å². The molecule has 1 heterocycles. The Hall–Kier alpha value is -2.01. The summed E-state index contributed by atoms with van der Waals surface area (Å²) in [4.78, 5) is 22.2. The van der Waals surface area contributed by atoms with Gasteiger partial charge in [0.25, 0.3) is 0 Å². The number of carbonyl (C=O) groups is 2. The molecule has 0 unspecified atom stereocenters. The van der Waals surface area contributed by atoms with Gasteiger partial charge in [-0.15, -0.1) is 11.3 Å². The van der Waals surface area contributed by atoms with Crippen LogP contribution in [0.5, 0.6) is 0 Å². The largest absolute Gasteiger partial charge is 0.478 e. The van der Waals surface area contributed by atoms with E-state index in [-0.39, 0.29) is 11.1 Å². The third-order valence-corrected chi connectivity index (χ3v) is 3.15. The van der Waals surface area contributed by atoms with Gasteiger partial charge in [-0.25, -0.2) is 9.18 Å². The molecule has 0 amide bonds. The molecule has 0 fully saturated rings. The molecule has 17 heavy (non-hydrogen) atoms. The highest BCUT2D eigenvalue weighted by molar-refractivity contribution is 7.12. The number of thiophene rings is 1. The molecule has 1 aromatic carbocycles. The second-order valence-electron chi connectivity index (χ2n) is 3.31. The molecule has 0 saturated carbocycles. The minimum atomic E-state index is -1.15. The fourth-order valence-corrected chi connectivity index (χ4v) is 2.27. The van der Waals surface area contributed by atoms with Gasteiger partial charge in [0.2, 0.25) is 0 Å². The van der Waals surface area contributed by atoms with E-state index in [1.165, 1.54) is 17.4 Å². The maximum atomic E-state index is 13.2. The number of carboxylic acid groups (broad SMARTS) is 1. The highest BCUT2D eigenvalue weighted by Crippen LogP contribution is 2.30. The van der Waals surface area contributed by atoms with Crippen LogP contribution in [0.4, 0.5) is 4.39 Å². The Balaban J connectivity index is 2.69. The van der Waals surface area contributed by atoms with Crippen molar-refractivity contribution in [2.45, 2.75) is 0 Å². The molecule has 1 N–H and O–H groups in total. The molecule has 0 aliphatic heterocycles. The van der Waals surface area contributed by atoms with Crippen LogP contribution in [0.25, 0.3) is 11.1 Å². The van der Waals surface area contributed by atoms with Crippen molar-refractivity contribution in [2.75, 3.05) is 0 Å². The molecular formula is C12H7FO3S. The fraction of sp³-hybridized carbons (Fsp3) is 0. The maximum absolute atomic E-state index is 13.2. The van der Waals surface area contributed by atoms with E-state index in [0.717, 1.165) is 12.1 Å². The third kappa shape index (κ3) is 2.09. The average Bonchev–Trinajstić information content (AvgIpc) is 2.76. The number of benzene rings is 1. The maximum Gasteiger partial charge on any atom is 0.336 e. The van der Waals surface area contributed by atoms with Crippen LogP contribution in [-0.4, -0.2) is 17.4 Å². The second-order valence-corrected chi connectivity index (χ2v) is 4.26. The molecule has 0 spiro atoms. The second kappa shape index (κ2) is 4.47. The van der Waals surface area contributed by atoms with E-state index >= 15 is 0 Å². The Morgan fingerprint density at radius 3 is 2.71 bits per heavy atom. The molecule has 0 saturated heterocycles. The molecular weight excluding hydrogens is 243 g/mol. The van der Waals surface area contributed by atoms with Crippen molar-refractivity contribution >= 4 is 23.6 Å². The summed E-state index contributed by atoms with van der Waals surface area (Å²) in [5.41, 5.74) is 0.649. The van der Waals surface area contributed by atoms with Gasteiger partial charge in [-0.05, 0) is 29.6 Å². The Morgan fingerprint density at radius 2 is 2.06 bits per heavy atom. The van der Waals surface area contributed by atoms with Crippen molar-refractivity contribution in [3.05, 3.63) is 45.9 Å². The SMILES string of the molecule is O=Cc1sccc1-c1cc(F)ccc1C(=O)O. The first-order valence-corrected chi connectivity index (χ1v) is 5.57. The van der Waals surface area contributed by atoms with Gasteiger partial charge < -0.3 is 5.11 Å². The van der Waals surface area contributed by atoms with Gasteiger partial charge in [-0.2, -0.15) is 0 Å². The van der Waals surface area contributed by atoms with Crippen LogP contribution in [0.2, 0.25) is 0 Å². The molecule has 0 aliphatic rings. The summed E-state index contributed by atoms with van der Waals surface area (Å²) in [6.45, 7) is 0. The average molecular weight is 250 g/mol. The monoisotopic (exact) mass is 250 g/mol. The van der Waals surface area contributed by atoms with E-state index in [1.54, 1.807) is 11.4 Å². The van der Waals surface area contributed by atoms with Crippen molar-refractivity contribution in [3.63, 3.8) is 0 Å². The van der Waals surface area contributed by atoms with E-state index in [4.69, 9.17) is 5.11 Å². The summed E-state index contributed by atoms with van der Waals surface area (Å²) in [5, 5.41) is 10.7. The van der Waals surface area contributed by atoms with Crippen LogP contribution in [0.15, 0.2) is 29.6 Å². The van der Waals surface area contributed by atoms with Crippen LogP contribution in [-0.2, 0) is 0 Å². The van der Waals surface area contributed by atoms with Gasteiger partial charge in [0, 0.05) is 11.1 Å². The predicted molar refractivity (Wildman–Crippen MR) is 62.1 cm³/mol. The van der Waals surface area contributed by atoms with Crippen molar-refractivity contribution in [1.82, 2.24) is 0 Å². The summed E-state index contributed by atoms with van der Waals surface area (Å²) in [7, 11) is 0. The van der Waals surface area contributed by atoms with Gasteiger partial charge in [-0.1, -0.05) is 0 Å². The smallest absolute Gasteiger partial charge is 0.336 e. The molecule has 2 rings (SSSR count). The number of hydrogen-bond acceptors (Lipinski definition) is 3. The molecule has 5 heteroatoms. The minimum absolute atomic E-state index is 0.0205. The molecule has 0 aliphatic carbocycles. The summed E-state index contributed by atoms with van der Waals surface area (Å²) < 4.78 is 13.2. The van der Waals surface area contributed by atoms with Crippen LogP contribution in [0.1, 0.15) is 20.0 Å². The number of carbonyl (C=O) groups excluding carboxylic acids is 1. The number of aromatic carboxylic acids is 1. The first kappa shape index (κ1) is 11.5. The standard InChI is InChI=1S/C12H7FO3S/c13-7-1-2-9(12(15)16)10(5-7)8-3-4-17-11(8)6-14/h1-6H,(H,15,16). The molecule has 3 nitrogen and oxygen atoms in total. The van der Waals surface area contributed by atoms with Crippen molar-refractivity contribution < 1.29 is 19.1 Å². The Bertz CT molecular complexity index is 589. The van der Waals surface area contributed by atoms with Crippen LogP contribution < -0.4 is 0 Å². The van der Waals surface area contributed by atoms with E-state index in [1.807, 2.05) is 0 Å². The lowest BCUT2D eigenvalue weighted by atomic mass is 10.0. The van der Waals surface area contributed by atoms with Gasteiger partial charge >= 0.3 is 5.97 Å². The molecule has 1 aromatic heterocycles. The Labute approximate surface area is 100 Å². The molecule has 86 valence electrons. The quantitative estimate of drug-likeness (QED) is 0.852. The van der Waals surface area contributed by atoms with Gasteiger partial charge in [0.1, 0.15) is 5.82 Å². The highest BCUT2D eigenvalue weighted by atomic mass is 32.1. The van der Waals surface area contributed by atoms with Crippen molar-refractivity contribution in [1.29, 1.82) is 0 Å². The lowest BCUT2D eigenvalue weighted by Gasteiger charge is -2.05. The molecule has 2 aromatic rings. The number of halogens is 1. The van der Waals surface area contributed by atoms with Gasteiger partial charge in [0.05, 0.1) is 10.4 Å². The minimum Gasteiger partial charge on any atom is -0.478 e. The zero-order valence-electron chi connectivity index (χ0n) is 8.51. The fourth-order valence-electron chi connectivity index (χ4n) is 1.56. The lowest BCUT2D eigenvalue weighted by molar-refractivity contribution is 0.0697. The summed E-state index contributed by atoms with van der Waals surface area (Å²) in [5.74, 6) is -1.68. The molecule has 0 atom stereocenters. The van der Waals surface area contributed by atoms with Crippen molar-refractivity contribution in [2.24, 2.45) is 0 Å². The van der Waals surface area contributed by atoms with Gasteiger partial charge in [0.15, 0.2) is 6.29 Å². The molecule has 0 bridgehead atoms. The normalized spacial score (nSPS) is 10.2. The van der Waals surface area contributed by atoms with Crippen LogP contribution in [0.3, 0.4) is 0 Å². The Morgan fingerprint density at radius 1 is 1.29 bits per heavy atom. The lowest BCUT2D eigenvalue weighted by Crippen LogP contribution is -2.00. The number of aldehydes is 1. The summed E-state index contributed by atoms with van der Waals surface area (Å²) >= 11 is 1.19. The topological polar surface area (TPSA) is 54.4 Å². The number of carboxylic acids is 1. The van der Waals surface area contributed by atoms with E-state index < -0.39 is 11.8 Å². The zero-order chi connectivity index (χ0) is 12.4. The molecule has 0 radical (unpaired) electrons. The number of hydrogen-bond donors (Lipinski definition) is 1. The summed E-state index contributed by atoms with van der Waals surface area (Å²) in [6, 6.07) is 5.01. The Kier molecular flexibility index (Phi) is 3.01. The van der Waals surface area contributed by atoms with E-state index in [0.29, 0.717) is 16.7 Å². The van der Waals surface area contributed by atoms with E-state index in [2.05, 4.69) is 0 Å². The highest BCUT2D eigenvalue weighted by Gasteiger charge is 2.15.